The van der Waals surface area contributed by atoms with Crippen molar-refractivity contribution >= 4 is 0 Å². The number of ether oxygens (including phenoxy) is 1. The Bertz CT molecular complexity index is 385. The van der Waals surface area contributed by atoms with Gasteiger partial charge < -0.3 is 15.0 Å². The number of nitrogens with one attached hydrogen (secondary N) is 1. The van der Waals surface area contributed by atoms with Crippen molar-refractivity contribution in [2.45, 2.75) is 33.2 Å². The van der Waals surface area contributed by atoms with Crippen LogP contribution in [0.15, 0.2) is 18.2 Å². The number of nitrogens with zero attached hydrogens (tertiary/aromatic N) is 1. The standard InChI is InChI=1S/C16H27FN2O/c1-4-6-9-19(3)10-11-20-16-8-7-14(12-15(16)17)13-18-5-2/h7-8,12,18H,4-6,9-11,13H2,1-3H3. The summed E-state index contributed by atoms with van der Waals surface area (Å²) in [7, 11) is 2.06. The molecular formula is C16H27FN2O. The smallest absolute Gasteiger partial charge is 0.165 e. The summed E-state index contributed by atoms with van der Waals surface area (Å²) in [6, 6.07) is 5.16. The van der Waals surface area contributed by atoms with E-state index >= 15 is 0 Å². The van der Waals surface area contributed by atoms with E-state index in [1.54, 1.807) is 12.1 Å². The summed E-state index contributed by atoms with van der Waals surface area (Å²) in [6.45, 7) is 8.17. The van der Waals surface area contributed by atoms with Crippen molar-refractivity contribution in [3.63, 3.8) is 0 Å². The summed E-state index contributed by atoms with van der Waals surface area (Å²) in [5, 5.41) is 3.17. The zero-order chi connectivity index (χ0) is 14.8. The third kappa shape index (κ3) is 6.35. The largest absolute Gasteiger partial charge is 0.489 e. The van der Waals surface area contributed by atoms with Gasteiger partial charge in [-0.25, -0.2) is 4.39 Å². The molecule has 0 radical (unpaired) electrons. The molecule has 1 N–H and O–H groups in total. The second-order valence-corrected chi connectivity index (χ2v) is 5.05. The SMILES string of the molecule is CCCCN(C)CCOc1ccc(CNCC)cc1F. The molecule has 0 heterocycles. The van der Waals surface area contributed by atoms with Gasteiger partial charge in [0.15, 0.2) is 11.6 Å². The van der Waals surface area contributed by atoms with Gasteiger partial charge in [-0.3, -0.25) is 0 Å². The molecule has 0 aliphatic carbocycles. The molecule has 0 amide bonds. The van der Waals surface area contributed by atoms with E-state index in [1.807, 2.05) is 13.0 Å². The Kier molecular flexibility index (Phi) is 8.23. The first-order chi connectivity index (χ1) is 9.67. The van der Waals surface area contributed by atoms with Gasteiger partial charge in [-0.2, -0.15) is 0 Å². The Hall–Kier alpha value is -1.13. The van der Waals surface area contributed by atoms with Crippen LogP contribution in [0.5, 0.6) is 5.75 Å². The molecule has 3 nitrogen and oxygen atoms in total. The third-order valence-electron chi connectivity index (χ3n) is 3.20. The molecule has 0 fully saturated rings. The Morgan fingerprint density at radius 2 is 2.05 bits per heavy atom. The average Bonchev–Trinajstić information content (AvgIpc) is 2.45. The molecule has 0 aliphatic heterocycles. The number of benzene rings is 1. The van der Waals surface area contributed by atoms with E-state index in [2.05, 4.69) is 24.2 Å². The third-order valence-corrected chi connectivity index (χ3v) is 3.20. The molecule has 114 valence electrons. The highest BCUT2D eigenvalue weighted by molar-refractivity contribution is 5.29. The fourth-order valence-electron chi connectivity index (χ4n) is 1.89. The monoisotopic (exact) mass is 282 g/mol. The van der Waals surface area contributed by atoms with Crippen molar-refractivity contribution in [2.24, 2.45) is 0 Å². The van der Waals surface area contributed by atoms with Crippen LogP contribution in [0.3, 0.4) is 0 Å². The second kappa shape index (κ2) is 9.72. The van der Waals surface area contributed by atoms with E-state index in [0.29, 0.717) is 18.9 Å². The molecule has 0 saturated heterocycles. The van der Waals surface area contributed by atoms with E-state index in [1.165, 1.54) is 12.8 Å². The second-order valence-electron chi connectivity index (χ2n) is 5.05. The first kappa shape index (κ1) is 16.9. The highest BCUT2D eigenvalue weighted by atomic mass is 19.1. The molecule has 4 heteroatoms. The van der Waals surface area contributed by atoms with Crippen molar-refractivity contribution in [1.29, 1.82) is 0 Å². The zero-order valence-electron chi connectivity index (χ0n) is 12.9. The molecule has 0 bridgehead atoms. The first-order valence-electron chi connectivity index (χ1n) is 7.47. The van der Waals surface area contributed by atoms with Gasteiger partial charge in [0, 0.05) is 13.1 Å². The van der Waals surface area contributed by atoms with Crippen LogP contribution in [0, 0.1) is 5.82 Å². The summed E-state index contributed by atoms with van der Waals surface area (Å²) in [6.07, 6.45) is 2.37. The van der Waals surface area contributed by atoms with E-state index < -0.39 is 0 Å². The van der Waals surface area contributed by atoms with Crippen LogP contribution >= 0.6 is 0 Å². The van der Waals surface area contributed by atoms with Crippen LogP contribution in [-0.4, -0.2) is 38.2 Å². The molecule has 1 rings (SSSR count). The minimum absolute atomic E-state index is 0.281. The summed E-state index contributed by atoms with van der Waals surface area (Å²) < 4.78 is 19.3. The highest BCUT2D eigenvalue weighted by Gasteiger charge is 2.05. The first-order valence-corrected chi connectivity index (χ1v) is 7.47. The van der Waals surface area contributed by atoms with Crippen molar-refractivity contribution < 1.29 is 9.13 Å². The van der Waals surface area contributed by atoms with Crippen molar-refractivity contribution in [2.75, 3.05) is 33.3 Å². The maximum absolute atomic E-state index is 13.8. The minimum atomic E-state index is -0.281. The fraction of sp³-hybridized carbons (Fsp3) is 0.625. The predicted molar refractivity (Wildman–Crippen MR) is 81.7 cm³/mol. The van der Waals surface area contributed by atoms with Crippen LogP contribution in [0.2, 0.25) is 0 Å². The van der Waals surface area contributed by atoms with Crippen LogP contribution in [-0.2, 0) is 6.54 Å². The molecule has 0 unspecified atom stereocenters. The molecule has 0 aromatic heterocycles. The summed E-state index contributed by atoms with van der Waals surface area (Å²) >= 11 is 0. The molecule has 0 saturated carbocycles. The molecule has 20 heavy (non-hydrogen) atoms. The summed E-state index contributed by atoms with van der Waals surface area (Å²) in [5.41, 5.74) is 0.941. The quantitative estimate of drug-likeness (QED) is 0.714. The van der Waals surface area contributed by atoms with Gasteiger partial charge in [-0.05, 0) is 44.3 Å². The lowest BCUT2D eigenvalue weighted by Crippen LogP contribution is -2.25. The lowest BCUT2D eigenvalue weighted by atomic mass is 10.2. The Morgan fingerprint density at radius 1 is 1.25 bits per heavy atom. The lowest BCUT2D eigenvalue weighted by Gasteiger charge is -2.16. The topological polar surface area (TPSA) is 24.5 Å². The van der Waals surface area contributed by atoms with Crippen LogP contribution in [0.1, 0.15) is 32.3 Å². The van der Waals surface area contributed by atoms with Gasteiger partial charge in [-0.15, -0.1) is 0 Å². The van der Waals surface area contributed by atoms with Gasteiger partial charge >= 0.3 is 0 Å². The van der Waals surface area contributed by atoms with Gasteiger partial charge in [0.25, 0.3) is 0 Å². The van der Waals surface area contributed by atoms with E-state index in [-0.39, 0.29) is 5.82 Å². The average molecular weight is 282 g/mol. The van der Waals surface area contributed by atoms with E-state index in [4.69, 9.17) is 4.74 Å². The van der Waals surface area contributed by atoms with Crippen LogP contribution < -0.4 is 10.1 Å². The Morgan fingerprint density at radius 3 is 2.70 bits per heavy atom. The maximum atomic E-state index is 13.8. The van der Waals surface area contributed by atoms with Crippen LogP contribution in [0.4, 0.5) is 4.39 Å². The minimum Gasteiger partial charge on any atom is -0.489 e. The van der Waals surface area contributed by atoms with E-state index in [0.717, 1.165) is 25.2 Å². The normalized spacial score (nSPS) is 11.1. The predicted octanol–water partition coefficient (Wildman–Crippen LogP) is 3.05. The number of likely N-dealkylation sites (N-methyl/N-ethyl adjacent to an activating group) is 1. The fourth-order valence-corrected chi connectivity index (χ4v) is 1.89. The number of halogens is 1. The number of rotatable bonds is 10. The van der Waals surface area contributed by atoms with Gasteiger partial charge in [0.1, 0.15) is 6.61 Å². The lowest BCUT2D eigenvalue weighted by molar-refractivity contribution is 0.229. The van der Waals surface area contributed by atoms with Crippen molar-refractivity contribution in [3.8, 4) is 5.75 Å². The van der Waals surface area contributed by atoms with Gasteiger partial charge in [0.05, 0.1) is 0 Å². The summed E-state index contributed by atoms with van der Waals surface area (Å²) in [5.74, 6) is 0.0609. The number of hydrogen-bond acceptors (Lipinski definition) is 3. The maximum Gasteiger partial charge on any atom is 0.165 e. The van der Waals surface area contributed by atoms with Crippen molar-refractivity contribution in [1.82, 2.24) is 10.2 Å². The van der Waals surface area contributed by atoms with Gasteiger partial charge in [0.2, 0.25) is 0 Å². The molecule has 0 aliphatic rings. The molecule has 1 aromatic carbocycles. The molecule has 1 aromatic rings. The Balaban J connectivity index is 2.36. The van der Waals surface area contributed by atoms with Gasteiger partial charge in [-0.1, -0.05) is 26.3 Å². The molecular weight excluding hydrogens is 255 g/mol. The zero-order valence-corrected chi connectivity index (χ0v) is 12.9. The van der Waals surface area contributed by atoms with Crippen molar-refractivity contribution in [3.05, 3.63) is 29.6 Å². The number of hydrogen-bond donors (Lipinski definition) is 1. The number of unbranched alkanes of at least 4 members (excludes halogenated alkanes) is 1. The molecule has 0 atom stereocenters. The van der Waals surface area contributed by atoms with E-state index in [9.17, 15) is 4.39 Å². The Labute approximate surface area is 122 Å². The summed E-state index contributed by atoms with van der Waals surface area (Å²) in [4.78, 5) is 2.21. The molecule has 0 spiro atoms. The van der Waals surface area contributed by atoms with Crippen LogP contribution in [0.25, 0.3) is 0 Å². The highest BCUT2D eigenvalue weighted by Crippen LogP contribution is 2.18.